The summed E-state index contributed by atoms with van der Waals surface area (Å²) in [7, 11) is 0. The molecule has 0 rings (SSSR count). The monoisotopic (exact) mass is 311 g/mol. The number of carbonyl (C=O) groups excluding carboxylic acids is 1. The Morgan fingerprint density at radius 2 is 1.77 bits per heavy atom. The summed E-state index contributed by atoms with van der Waals surface area (Å²) < 4.78 is 0. The maximum atomic E-state index is 10.3. The zero-order valence-corrected chi connectivity index (χ0v) is 13.8. The maximum Gasteiger partial charge on any atom is 0.111 e. The van der Waals surface area contributed by atoms with E-state index in [1.54, 1.807) is 6.08 Å². The number of allylic oxidation sites excluding steroid dienone is 3. The highest BCUT2D eigenvalue weighted by atomic mass is 17.1. The summed E-state index contributed by atoms with van der Waals surface area (Å²) in [6, 6.07) is 0. The van der Waals surface area contributed by atoms with Gasteiger partial charge >= 0.3 is 0 Å². The van der Waals surface area contributed by atoms with Crippen LogP contribution in [0.15, 0.2) is 24.3 Å². The Hall–Kier alpha value is -1.13. The van der Waals surface area contributed by atoms with Crippen molar-refractivity contribution in [1.29, 1.82) is 0 Å². The summed E-state index contributed by atoms with van der Waals surface area (Å²) in [4.78, 5) is 14.6. The van der Waals surface area contributed by atoms with Gasteiger partial charge in [-0.3, -0.25) is 5.26 Å². The Kier molecular flexibility index (Phi) is 15.4. The van der Waals surface area contributed by atoms with Gasteiger partial charge in [0.05, 0.1) is 0 Å². The van der Waals surface area contributed by atoms with Gasteiger partial charge < -0.3 is 9.90 Å². The Morgan fingerprint density at radius 3 is 2.41 bits per heavy atom. The Bertz CT molecular complexity index is 310. The van der Waals surface area contributed by atoms with Crippen LogP contribution in [0.4, 0.5) is 0 Å². The van der Waals surface area contributed by atoms with Gasteiger partial charge in [-0.2, -0.15) is 0 Å². The van der Waals surface area contributed by atoms with E-state index in [0.29, 0.717) is 12.8 Å². The van der Waals surface area contributed by atoms with Crippen molar-refractivity contribution in [3.8, 4) is 0 Å². The van der Waals surface area contributed by atoms with Gasteiger partial charge in [0.1, 0.15) is 6.10 Å². The lowest BCUT2D eigenvalue weighted by Gasteiger charge is -2.08. The van der Waals surface area contributed by atoms with Gasteiger partial charge in [0.15, 0.2) is 0 Å². The number of aliphatic carboxylic acids is 1. The minimum atomic E-state index is -1.07. The summed E-state index contributed by atoms with van der Waals surface area (Å²) in [6.45, 7) is 2.23. The summed E-state index contributed by atoms with van der Waals surface area (Å²) in [5.74, 6) is -1.07. The molecule has 0 aromatic carbocycles. The number of hydrogen-bond donors (Lipinski definition) is 1. The van der Waals surface area contributed by atoms with E-state index in [-0.39, 0.29) is 6.42 Å². The van der Waals surface area contributed by atoms with E-state index < -0.39 is 12.1 Å². The summed E-state index contributed by atoms with van der Waals surface area (Å²) in [6.07, 6.45) is 18.3. The van der Waals surface area contributed by atoms with Crippen LogP contribution in [0, 0.1) is 0 Å². The molecule has 0 unspecified atom stereocenters. The van der Waals surface area contributed by atoms with Gasteiger partial charge in [0.25, 0.3) is 0 Å². The normalized spacial score (nSPS) is 13.2. The molecule has 1 atom stereocenters. The highest BCUT2D eigenvalue weighted by molar-refractivity contribution is 5.64. The molecule has 0 amide bonds. The Balaban J connectivity index is 3.57. The third kappa shape index (κ3) is 15.3. The SMILES string of the molecule is CCCCCCCCC/C=C\C=C\[C@H](CCCC(=O)[O-])OO. The van der Waals surface area contributed by atoms with Crippen molar-refractivity contribution in [3.63, 3.8) is 0 Å². The highest BCUT2D eigenvalue weighted by Crippen LogP contribution is 2.09. The molecule has 0 saturated heterocycles. The van der Waals surface area contributed by atoms with E-state index in [0.717, 1.165) is 6.42 Å². The van der Waals surface area contributed by atoms with E-state index in [1.807, 2.05) is 12.2 Å². The molecular weight excluding hydrogens is 280 g/mol. The third-order valence-electron chi connectivity index (χ3n) is 3.55. The molecule has 0 heterocycles. The molecule has 0 radical (unpaired) electrons. The molecule has 0 aliphatic heterocycles. The van der Waals surface area contributed by atoms with Crippen LogP contribution in [0.1, 0.15) is 77.6 Å². The number of carbonyl (C=O) groups is 1. The van der Waals surface area contributed by atoms with Crippen molar-refractivity contribution in [1.82, 2.24) is 0 Å². The molecule has 0 aliphatic rings. The first-order valence-corrected chi connectivity index (χ1v) is 8.54. The van der Waals surface area contributed by atoms with Gasteiger partial charge in [-0.25, -0.2) is 4.89 Å². The van der Waals surface area contributed by atoms with E-state index >= 15 is 0 Å². The van der Waals surface area contributed by atoms with E-state index in [2.05, 4.69) is 17.9 Å². The molecule has 0 saturated carbocycles. The molecule has 0 aromatic heterocycles. The zero-order valence-electron chi connectivity index (χ0n) is 13.8. The topological polar surface area (TPSA) is 69.6 Å². The summed E-state index contributed by atoms with van der Waals surface area (Å²) >= 11 is 0. The van der Waals surface area contributed by atoms with Crippen LogP contribution in [0.25, 0.3) is 0 Å². The lowest BCUT2D eigenvalue weighted by atomic mass is 10.1. The van der Waals surface area contributed by atoms with Crippen LogP contribution in [-0.4, -0.2) is 17.3 Å². The van der Waals surface area contributed by atoms with Crippen LogP contribution in [0.3, 0.4) is 0 Å². The second-order valence-electron chi connectivity index (χ2n) is 5.63. The number of carboxylic acids is 1. The van der Waals surface area contributed by atoms with Gasteiger partial charge in [-0.1, -0.05) is 69.8 Å². The molecular formula is C18H31O4-. The van der Waals surface area contributed by atoms with Gasteiger partial charge in [0.2, 0.25) is 0 Å². The van der Waals surface area contributed by atoms with Gasteiger partial charge in [-0.05, 0) is 32.1 Å². The second-order valence-corrected chi connectivity index (χ2v) is 5.63. The average molecular weight is 311 g/mol. The quantitative estimate of drug-likeness (QED) is 0.215. The first-order valence-electron chi connectivity index (χ1n) is 8.54. The molecule has 0 aliphatic carbocycles. The molecule has 0 spiro atoms. The predicted octanol–water partition coefficient (Wildman–Crippen LogP) is 4.02. The molecule has 0 aromatic rings. The lowest BCUT2D eigenvalue weighted by molar-refractivity contribution is -0.306. The first-order chi connectivity index (χ1) is 10.7. The minimum Gasteiger partial charge on any atom is -0.550 e. The van der Waals surface area contributed by atoms with Crippen molar-refractivity contribution in [3.05, 3.63) is 24.3 Å². The third-order valence-corrected chi connectivity index (χ3v) is 3.55. The number of carboxylic acid groups (broad SMARTS) is 1. The van der Waals surface area contributed by atoms with Crippen molar-refractivity contribution in [2.45, 2.75) is 83.7 Å². The molecule has 22 heavy (non-hydrogen) atoms. The van der Waals surface area contributed by atoms with Crippen LogP contribution in [-0.2, 0) is 9.68 Å². The summed E-state index contributed by atoms with van der Waals surface area (Å²) in [5.41, 5.74) is 0. The average Bonchev–Trinajstić information content (AvgIpc) is 2.50. The van der Waals surface area contributed by atoms with Gasteiger partial charge in [-0.15, -0.1) is 0 Å². The zero-order chi connectivity index (χ0) is 16.5. The summed E-state index contributed by atoms with van der Waals surface area (Å²) in [5, 5.41) is 19.0. The fraction of sp³-hybridized carbons (Fsp3) is 0.722. The van der Waals surface area contributed by atoms with Crippen molar-refractivity contribution >= 4 is 5.97 Å². The Morgan fingerprint density at radius 1 is 1.09 bits per heavy atom. The van der Waals surface area contributed by atoms with E-state index in [4.69, 9.17) is 5.26 Å². The first kappa shape index (κ1) is 20.9. The smallest absolute Gasteiger partial charge is 0.111 e. The largest absolute Gasteiger partial charge is 0.550 e. The molecule has 128 valence electrons. The van der Waals surface area contributed by atoms with E-state index in [9.17, 15) is 9.90 Å². The van der Waals surface area contributed by atoms with Gasteiger partial charge in [0, 0.05) is 5.97 Å². The second kappa shape index (κ2) is 16.2. The maximum absolute atomic E-state index is 10.3. The Labute approximate surface area is 134 Å². The van der Waals surface area contributed by atoms with Crippen molar-refractivity contribution in [2.24, 2.45) is 0 Å². The van der Waals surface area contributed by atoms with Crippen LogP contribution in [0.2, 0.25) is 0 Å². The van der Waals surface area contributed by atoms with Crippen LogP contribution in [0.5, 0.6) is 0 Å². The van der Waals surface area contributed by atoms with Crippen LogP contribution < -0.4 is 5.11 Å². The fourth-order valence-corrected chi connectivity index (χ4v) is 2.21. The van der Waals surface area contributed by atoms with Crippen LogP contribution >= 0.6 is 0 Å². The van der Waals surface area contributed by atoms with Crippen molar-refractivity contribution < 1.29 is 20.0 Å². The molecule has 0 fully saturated rings. The molecule has 4 heteroatoms. The minimum absolute atomic E-state index is 0.0121. The van der Waals surface area contributed by atoms with E-state index in [1.165, 1.54) is 44.9 Å². The molecule has 0 bridgehead atoms. The lowest BCUT2D eigenvalue weighted by Crippen LogP contribution is -2.22. The fourth-order valence-electron chi connectivity index (χ4n) is 2.21. The standard InChI is InChI=1S/C18H32O4/c1-2-3-4-5-6-7-8-9-10-11-12-14-17(22-21)15-13-16-18(19)20/h10-12,14,17,21H,2-9,13,15-16H2,1H3,(H,19,20)/p-1/b11-10-,14-12+/t17-/m1/s1. The number of hydrogen-bond acceptors (Lipinski definition) is 4. The van der Waals surface area contributed by atoms with Crippen molar-refractivity contribution in [2.75, 3.05) is 0 Å². The predicted molar refractivity (Wildman–Crippen MR) is 87.2 cm³/mol. The number of unbranched alkanes of at least 4 members (excludes halogenated alkanes) is 7. The number of rotatable bonds is 15. The highest BCUT2D eigenvalue weighted by Gasteiger charge is 2.03. The molecule has 1 N–H and O–H groups in total. The molecule has 4 nitrogen and oxygen atoms in total.